The summed E-state index contributed by atoms with van der Waals surface area (Å²) in [5.41, 5.74) is 4.98. The molecule has 2 atom stereocenters. The number of amides is 4. The van der Waals surface area contributed by atoms with E-state index in [9.17, 15) is 24.3 Å². The highest BCUT2D eigenvalue weighted by molar-refractivity contribution is 5.94. The lowest BCUT2D eigenvalue weighted by Gasteiger charge is -2.34. The van der Waals surface area contributed by atoms with Gasteiger partial charge < -0.3 is 31.1 Å². The number of phenolic OH excluding ortho intramolecular Hbond substituents is 1. The number of ether oxygens (including phenoxy) is 1. The molecule has 4 amide bonds. The average Bonchev–Trinajstić information content (AvgIpc) is 2.75. The van der Waals surface area contributed by atoms with Gasteiger partial charge in [-0.2, -0.15) is 0 Å². The second kappa shape index (κ2) is 15.1. The molecule has 0 aliphatic carbocycles. The minimum absolute atomic E-state index is 0.0595. The number of hydrogen-bond donors (Lipinski definition) is 4. The van der Waals surface area contributed by atoms with Crippen LogP contribution in [0.15, 0.2) is 24.3 Å². The van der Waals surface area contributed by atoms with Gasteiger partial charge in [-0.1, -0.05) is 44.7 Å². The molecule has 0 spiro atoms. The number of aromatic hydroxyl groups is 1. The number of nitrogens with one attached hydrogen (secondary N) is 2. The Kier molecular flexibility index (Phi) is 12.9. The third-order valence-corrected chi connectivity index (χ3v) is 5.36. The Morgan fingerprint density at radius 1 is 1.05 bits per heavy atom. The molecule has 0 bridgehead atoms. The van der Waals surface area contributed by atoms with Crippen LogP contribution in [0.3, 0.4) is 0 Å². The van der Waals surface area contributed by atoms with Gasteiger partial charge in [0.25, 0.3) is 0 Å². The Bertz CT molecular complexity index is 912. The molecule has 1 aromatic rings. The van der Waals surface area contributed by atoms with Crippen LogP contribution in [0, 0.1) is 0 Å². The number of unbranched alkanes of at least 4 members (excludes halogenated alkanes) is 4. The molecule has 0 aliphatic rings. The van der Waals surface area contributed by atoms with Gasteiger partial charge in [-0.25, -0.2) is 4.79 Å². The zero-order valence-corrected chi connectivity index (χ0v) is 23.0. The normalized spacial score (nSPS) is 12.9. The third kappa shape index (κ3) is 12.0. The van der Waals surface area contributed by atoms with Crippen molar-refractivity contribution in [3.63, 3.8) is 0 Å². The van der Waals surface area contributed by atoms with E-state index in [0.29, 0.717) is 12.0 Å². The maximum absolute atomic E-state index is 13.9. The van der Waals surface area contributed by atoms with Gasteiger partial charge in [0.15, 0.2) is 0 Å². The van der Waals surface area contributed by atoms with Crippen LogP contribution in [0.25, 0.3) is 0 Å². The minimum atomic E-state index is -1.34. The van der Waals surface area contributed by atoms with Gasteiger partial charge in [0.1, 0.15) is 23.4 Å². The van der Waals surface area contributed by atoms with Crippen LogP contribution < -0.4 is 16.4 Å². The summed E-state index contributed by atoms with van der Waals surface area (Å²) < 4.78 is 5.28. The molecule has 10 heteroatoms. The van der Waals surface area contributed by atoms with Crippen molar-refractivity contribution in [2.75, 3.05) is 6.54 Å². The maximum atomic E-state index is 13.9. The Morgan fingerprint density at radius 2 is 1.70 bits per heavy atom. The Balaban J connectivity index is 3.46. The molecular formula is C27H44N4O6. The van der Waals surface area contributed by atoms with Crippen LogP contribution >= 0.6 is 0 Å². The average molecular weight is 521 g/mol. The zero-order chi connectivity index (χ0) is 28.2. The molecule has 2 unspecified atom stereocenters. The number of benzene rings is 1. The Labute approximate surface area is 220 Å². The molecule has 0 saturated heterocycles. The van der Waals surface area contributed by atoms with E-state index < -0.39 is 47.9 Å². The highest BCUT2D eigenvalue weighted by atomic mass is 16.6. The highest BCUT2D eigenvalue weighted by Gasteiger charge is 2.37. The SMILES string of the molecule is CCCCCCCN(C(=O)C(CC(N)=O)NC(=O)OC(C)(C)C)C(C(=O)NC(C)C)c1cccc(O)c1. The maximum Gasteiger partial charge on any atom is 0.408 e. The number of nitrogens with zero attached hydrogens (tertiary/aromatic N) is 1. The van der Waals surface area contributed by atoms with Gasteiger partial charge in [-0.3, -0.25) is 14.4 Å². The van der Waals surface area contributed by atoms with Gasteiger partial charge in [-0.05, 0) is 58.7 Å². The summed E-state index contributed by atoms with van der Waals surface area (Å²) in [4.78, 5) is 53.0. The molecule has 1 aromatic carbocycles. The lowest BCUT2D eigenvalue weighted by molar-refractivity contribution is -0.143. The fraction of sp³-hybridized carbons (Fsp3) is 0.630. The molecule has 0 aliphatic heterocycles. The molecular weight excluding hydrogens is 476 g/mol. The number of rotatable bonds is 14. The van der Waals surface area contributed by atoms with Crippen LogP contribution in [0.4, 0.5) is 4.79 Å². The quantitative estimate of drug-likeness (QED) is 0.276. The first-order valence-corrected chi connectivity index (χ1v) is 12.9. The monoisotopic (exact) mass is 520 g/mol. The number of carbonyl (C=O) groups excluding carboxylic acids is 4. The lowest BCUT2D eigenvalue weighted by Crippen LogP contribution is -2.54. The first-order chi connectivity index (χ1) is 17.2. The highest BCUT2D eigenvalue weighted by Crippen LogP contribution is 2.27. The summed E-state index contributed by atoms with van der Waals surface area (Å²) in [5, 5.41) is 15.4. The molecule has 0 aromatic heterocycles. The number of hydrogen-bond acceptors (Lipinski definition) is 6. The predicted octanol–water partition coefficient (Wildman–Crippen LogP) is 3.53. The van der Waals surface area contributed by atoms with Crippen LogP contribution in [0.5, 0.6) is 5.75 Å². The number of carbonyl (C=O) groups is 4. The fourth-order valence-electron chi connectivity index (χ4n) is 3.83. The summed E-state index contributed by atoms with van der Waals surface area (Å²) in [6.45, 7) is 10.9. The van der Waals surface area contributed by atoms with E-state index in [1.54, 1.807) is 46.8 Å². The lowest BCUT2D eigenvalue weighted by atomic mass is 10.0. The molecule has 0 saturated carbocycles. The van der Waals surface area contributed by atoms with Crippen molar-refractivity contribution < 1.29 is 29.0 Å². The van der Waals surface area contributed by atoms with Crippen molar-refractivity contribution in [2.24, 2.45) is 5.73 Å². The van der Waals surface area contributed by atoms with Gasteiger partial charge in [0.2, 0.25) is 17.7 Å². The molecule has 5 N–H and O–H groups in total. The molecule has 0 radical (unpaired) electrons. The largest absolute Gasteiger partial charge is 0.508 e. The minimum Gasteiger partial charge on any atom is -0.508 e. The zero-order valence-electron chi connectivity index (χ0n) is 23.0. The molecule has 1 rings (SSSR count). The van der Waals surface area contributed by atoms with Crippen molar-refractivity contribution in [1.82, 2.24) is 15.5 Å². The number of nitrogens with two attached hydrogens (primary N) is 1. The van der Waals surface area contributed by atoms with Crippen molar-refractivity contribution >= 4 is 23.8 Å². The summed E-state index contributed by atoms with van der Waals surface area (Å²) in [7, 11) is 0. The van der Waals surface area contributed by atoms with Crippen LogP contribution in [0.2, 0.25) is 0 Å². The van der Waals surface area contributed by atoms with Crippen molar-refractivity contribution in [3.8, 4) is 5.75 Å². The molecule has 37 heavy (non-hydrogen) atoms. The third-order valence-electron chi connectivity index (χ3n) is 5.36. The van der Waals surface area contributed by atoms with Crippen molar-refractivity contribution in [3.05, 3.63) is 29.8 Å². The van der Waals surface area contributed by atoms with Crippen LogP contribution in [0.1, 0.15) is 91.7 Å². The van der Waals surface area contributed by atoms with E-state index in [0.717, 1.165) is 25.7 Å². The number of primary amides is 1. The second-order valence-electron chi connectivity index (χ2n) is 10.5. The summed E-state index contributed by atoms with van der Waals surface area (Å²) in [5.74, 6) is -1.95. The van der Waals surface area contributed by atoms with Gasteiger partial charge in [-0.15, -0.1) is 0 Å². The molecule has 0 fully saturated rings. The summed E-state index contributed by atoms with van der Waals surface area (Å²) >= 11 is 0. The number of alkyl carbamates (subject to hydrolysis) is 1. The first kappa shape index (κ1) is 31.7. The van der Waals surface area contributed by atoms with Gasteiger partial charge in [0, 0.05) is 12.6 Å². The predicted molar refractivity (Wildman–Crippen MR) is 142 cm³/mol. The molecule has 0 heterocycles. The van der Waals surface area contributed by atoms with Gasteiger partial charge >= 0.3 is 6.09 Å². The second-order valence-corrected chi connectivity index (χ2v) is 10.5. The van der Waals surface area contributed by atoms with Crippen LogP contribution in [-0.2, 0) is 19.1 Å². The summed E-state index contributed by atoms with van der Waals surface area (Å²) in [6.07, 6.45) is 3.14. The van der Waals surface area contributed by atoms with E-state index in [4.69, 9.17) is 10.5 Å². The number of phenols is 1. The summed E-state index contributed by atoms with van der Waals surface area (Å²) in [6, 6.07) is 3.47. The topological polar surface area (TPSA) is 151 Å². The first-order valence-electron chi connectivity index (χ1n) is 12.9. The van der Waals surface area contributed by atoms with E-state index in [-0.39, 0.29) is 18.3 Å². The van der Waals surface area contributed by atoms with E-state index in [1.807, 2.05) is 0 Å². The molecule has 10 nitrogen and oxygen atoms in total. The Morgan fingerprint density at radius 3 is 2.24 bits per heavy atom. The van der Waals surface area contributed by atoms with Crippen molar-refractivity contribution in [2.45, 2.75) is 104 Å². The Hall–Kier alpha value is -3.30. The van der Waals surface area contributed by atoms with Gasteiger partial charge in [0.05, 0.1) is 6.42 Å². The van der Waals surface area contributed by atoms with E-state index >= 15 is 0 Å². The van der Waals surface area contributed by atoms with E-state index in [2.05, 4.69) is 17.6 Å². The van der Waals surface area contributed by atoms with Crippen LogP contribution in [-0.4, -0.2) is 58.1 Å². The fourth-order valence-corrected chi connectivity index (χ4v) is 3.83. The van der Waals surface area contributed by atoms with Crippen molar-refractivity contribution in [1.29, 1.82) is 0 Å². The smallest absolute Gasteiger partial charge is 0.408 e. The molecule has 208 valence electrons. The standard InChI is InChI=1S/C27H44N4O6/c1-7-8-9-10-11-15-31(23(24(34)29-18(2)3)19-13-12-14-20(32)16-19)25(35)21(17-22(28)33)30-26(36)37-27(4,5)6/h12-14,16,18,21,23,32H,7-11,15,17H2,1-6H3,(H2,28,33)(H,29,34)(H,30,36). The van der Waals surface area contributed by atoms with E-state index in [1.165, 1.54) is 17.0 Å².